The number of carbonyl (C=O) groups excluding carboxylic acids is 2. The first-order valence-corrected chi connectivity index (χ1v) is 7.26. The predicted octanol–water partition coefficient (Wildman–Crippen LogP) is 0.985. The van der Waals surface area contributed by atoms with Gasteiger partial charge in [0.15, 0.2) is 0 Å². The van der Waals surface area contributed by atoms with Gasteiger partial charge in [-0.05, 0) is 26.6 Å². The maximum absolute atomic E-state index is 11.8. The Labute approximate surface area is 132 Å². The molecule has 0 saturated carbocycles. The van der Waals surface area contributed by atoms with Crippen LogP contribution in [0.2, 0.25) is 0 Å². The average molecular weight is 306 g/mol. The van der Waals surface area contributed by atoms with Crippen LogP contribution in [0.25, 0.3) is 0 Å². The van der Waals surface area contributed by atoms with Crippen LogP contribution in [0.5, 0.6) is 0 Å². The molecule has 0 fully saturated rings. The summed E-state index contributed by atoms with van der Waals surface area (Å²) in [6, 6.07) is 8.07. The summed E-state index contributed by atoms with van der Waals surface area (Å²) < 4.78 is 0. The van der Waals surface area contributed by atoms with Crippen molar-refractivity contribution >= 4 is 11.9 Å². The molecule has 0 bridgehead atoms. The predicted molar refractivity (Wildman–Crippen MR) is 87.7 cm³/mol. The molecule has 0 aliphatic rings. The van der Waals surface area contributed by atoms with Gasteiger partial charge in [-0.1, -0.05) is 29.8 Å². The van der Waals surface area contributed by atoms with E-state index < -0.39 is 0 Å². The lowest BCUT2D eigenvalue weighted by Crippen LogP contribution is -2.43. The van der Waals surface area contributed by atoms with Crippen molar-refractivity contribution in [3.63, 3.8) is 0 Å². The quantitative estimate of drug-likeness (QED) is 0.823. The van der Waals surface area contributed by atoms with E-state index in [0.29, 0.717) is 6.54 Å². The fraction of sp³-hybridized carbons (Fsp3) is 0.500. The van der Waals surface area contributed by atoms with Crippen LogP contribution in [0.1, 0.15) is 17.2 Å². The Bertz CT molecular complexity index is 497. The minimum absolute atomic E-state index is 0.0228. The van der Waals surface area contributed by atoms with Crippen molar-refractivity contribution in [2.24, 2.45) is 0 Å². The molecule has 6 heteroatoms. The van der Waals surface area contributed by atoms with Gasteiger partial charge < -0.3 is 20.4 Å². The topological polar surface area (TPSA) is 64.7 Å². The molecular formula is C16H26N4O2. The first-order chi connectivity index (χ1) is 10.3. The molecule has 122 valence electrons. The van der Waals surface area contributed by atoms with E-state index in [1.165, 1.54) is 10.5 Å². The van der Waals surface area contributed by atoms with Crippen LogP contribution in [0.15, 0.2) is 24.3 Å². The number of carbonyl (C=O) groups is 2. The lowest BCUT2D eigenvalue weighted by atomic mass is 10.0. The number of nitrogens with one attached hydrogen (secondary N) is 2. The standard InChI is InChI=1S/C16H26N4O2/c1-12-6-8-13(9-7-12)14(19(2)3)10-17-15(21)11-18-16(22)20(4)5/h6-9,14H,10-11H2,1-5H3,(H,17,21)(H,18,22)/t14-/m1/s1. The van der Waals surface area contributed by atoms with Gasteiger partial charge in [-0.3, -0.25) is 4.79 Å². The van der Waals surface area contributed by atoms with Gasteiger partial charge in [-0.25, -0.2) is 4.79 Å². The summed E-state index contributed by atoms with van der Waals surface area (Å²) in [5, 5.41) is 5.40. The highest BCUT2D eigenvalue weighted by atomic mass is 16.2. The highest BCUT2D eigenvalue weighted by Gasteiger charge is 2.15. The molecule has 6 nitrogen and oxygen atoms in total. The zero-order valence-corrected chi connectivity index (χ0v) is 14.0. The molecule has 0 spiro atoms. The van der Waals surface area contributed by atoms with Crippen molar-refractivity contribution in [3.8, 4) is 0 Å². The molecule has 1 aromatic carbocycles. The van der Waals surface area contributed by atoms with Gasteiger partial charge in [-0.15, -0.1) is 0 Å². The third-order valence-electron chi connectivity index (χ3n) is 3.38. The summed E-state index contributed by atoms with van der Waals surface area (Å²) in [5.41, 5.74) is 2.35. The minimum Gasteiger partial charge on any atom is -0.353 e. The largest absolute Gasteiger partial charge is 0.353 e. The maximum Gasteiger partial charge on any atom is 0.317 e. The number of hydrogen-bond donors (Lipinski definition) is 2. The molecule has 0 aromatic heterocycles. The van der Waals surface area contributed by atoms with Crippen molar-refractivity contribution < 1.29 is 9.59 Å². The Hall–Kier alpha value is -2.08. The van der Waals surface area contributed by atoms with Crippen molar-refractivity contribution in [1.82, 2.24) is 20.4 Å². The van der Waals surface area contributed by atoms with E-state index >= 15 is 0 Å². The number of nitrogens with zero attached hydrogens (tertiary/aromatic N) is 2. The third kappa shape index (κ3) is 5.73. The van der Waals surface area contributed by atoms with Gasteiger partial charge in [0.25, 0.3) is 0 Å². The molecule has 1 rings (SSSR count). The second kappa shape index (κ2) is 8.38. The van der Waals surface area contributed by atoms with Gasteiger partial charge >= 0.3 is 6.03 Å². The molecule has 2 N–H and O–H groups in total. The molecule has 0 heterocycles. The van der Waals surface area contributed by atoms with Crippen molar-refractivity contribution in [2.45, 2.75) is 13.0 Å². The second-order valence-corrected chi connectivity index (χ2v) is 5.75. The smallest absolute Gasteiger partial charge is 0.317 e. The lowest BCUT2D eigenvalue weighted by Gasteiger charge is -2.25. The Balaban J connectivity index is 2.53. The number of hydrogen-bond acceptors (Lipinski definition) is 3. The molecule has 3 amide bonds. The molecule has 22 heavy (non-hydrogen) atoms. The number of amides is 3. The summed E-state index contributed by atoms with van der Waals surface area (Å²) in [5.74, 6) is -0.200. The van der Waals surface area contributed by atoms with Gasteiger partial charge in [0, 0.05) is 20.6 Å². The van der Waals surface area contributed by atoms with E-state index in [0.717, 1.165) is 5.56 Å². The Morgan fingerprint density at radius 2 is 1.64 bits per heavy atom. The summed E-state index contributed by atoms with van der Waals surface area (Å²) in [6.45, 7) is 2.52. The van der Waals surface area contributed by atoms with Crippen LogP contribution in [0.4, 0.5) is 4.79 Å². The zero-order valence-electron chi connectivity index (χ0n) is 14.0. The summed E-state index contributed by atoms with van der Waals surface area (Å²) in [4.78, 5) is 26.6. The number of urea groups is 1. The van der Waals surface area contributed by atoms with Crippen LogP contribution >= 0.6 is 0 Å². The first-order valence-electron chi connectivity index (χ1n) is 7.26. The lowest BCUT2D eigenvalue weighted by molar-refractivity contribution is -0.120. The fourth-order valence-corrected chi connectivity index (χ4v) is 1.97. The Morgan fingerprint density at radius 3 is 2.14 bits per heavy atom. The van der Waals surface area contributed by atoms with Gasteiger partial charge in [0.1, 0.15) is 0 Å². The van der Waals surface area contributed by atoms with E-state index in [4.69, 9.17) is 0 Å². The minimum atomic E-state index is -0.280. The first kappa shape index (κ1) is 18.0. The molecule has 1 aromatic rings. The summed E-state index contributed by atoms with van der Waals surface area (Å²) in [7, 11) is 7.22. The highest BCUT2D eigenvalue weighted by molar-refractivity contribution is 5.83. The zero-order chi connectivity index (χ0) is 16.7. The number of aryl methyl sites for hydroxylation is 1. The number of likely N-dealkylation sites (N-methyl/N-ethyl adjacent to an activating group) is 1. The van der Waals surface area contributed by atoms with E-state index in [1.54, 1.807) is 14.1 Å². The van der Waals surface area contributed by atoms with E-state index in [9.17, 15) is 9.59 Å². The number of benzene rings is 1. The Morgan fingerprint density at radius 1 is 1.05 bits per heavy atom. The van der Waals surface area contributed by atoms with Crippen molar-refractivity contribution in [1.29, 1.82) is 0 Å². The van der Waals surface area contributed by atoms with Crippen LogP contribution in [0.3, 0.4) is 0 Å². The molecular weight excluding hydrogens is 280 g/mol. The maximum atomic E-state index is 11.8. The van der Waals surface area contributed by atoms with E-state index in [1.807, 2.05) is 21.0 Å². The molecule has 0 radical (unpaired) electrons. The van der Waals surface area contributed by atoms with Gasteiger partial charge in [-0.2, -0.15) is 0 Å². The van der Waals surface area contributed by atoms with Crippen LogP contribution in [0, 0.1) is 6.92 Å². The fourth-order valence-electron chi connectivity index (χ4n) is 1.97. The third-order valence-corrected chi connectivity index (χ3v) is 3.38. The highest BCUT2D eigenvalue weighted by Crippen LogP contribution is 2.17. The average Bonchev–Trinajstić information content (AvgIpc) is 2.46. The molecule has 0 saturated heterocycles. The summed E-state index contributed by atoms with van der Waals surface area (Å²) >= 11 is 0. The Kier molecular flexibility index (Phi) is 6.85. The molecule has 0 unspecified atom stereocenters. The SMILES string of the molecule is Cc1ccc([C@@H](CNC(=O)CNC(=O)N(C)C)N(C)C)cc1. The van der Waals surface area contributed by atoms with Crippen LogP contribution in [-0.4, -0.2) is 63.0 Å². The van der Waals surface area contributed by atoms with Crippen LogP contribution in [-0.2, 0) is 4.79 Å². The van der Waals surface area contributed by atoms with Crippen molar-refractivity contribution in [3.05, 3.63) is 35.4 Å². The van der Waals surface area contributed by atoms with Gasteiger partial charge in [0.2, 0.25) is 5.91 Å². The molecule has 0 aliphatic heterocycles. The van der Waals surface area contributed by atoms with Crippen LogP contribution < -0.4 is 10.6 Å². The summed E-state index contributed by atoms with van der Waals surface area (Å²) in [6.07, 6.45) is 0. The normalized spacial score (nSPS) is 11.9. The monoisotopic (exact) mass is 306 g/mol. The van der Waals surface area contributed by atoms with Crippen molar-refractivity contribution in [2.75, 3.05) is 41.3 Å². The second-order valence-electron chi connectivity index (χ2n) is 5.75. The van der Waals surface area contributed by atoms with Gasteiger partial charge in [0.05, 0.1) is 12.6 Å². The van der Waals surface area contributed by atoms with E-state index in [-0.39, 0.29) is 24.5 Å². The number of rotatable bonds is 6. The van der Waals surface area contributed by atoms with E-state index in [2.05, 4.69) is 39.8 Å². The molecule has 1 atom stereocenters. The molecule has 0 aliphatic carbocycles.